The third kappa shape index (κ3) is 6.71. The highest BCUT2D eigenvalue weighted by Crippen LogP contribution is 2.20. The van der Waals surface area contributed by atoms with E-state index in [0.29, 0.717) is 18.0 Å². The zero-order chi connectivity index (χ0) is 18.4. The van der Waals surface area contributed by atoms with E-state index in [9.17, 15) is 9.50 Å². The highest BCUT2D eigenvalue weighted by Gasteiger charge is 2.21. The molecule has 0 radical (unpaired) electrons. The summed E-state index contributed by atoms with van der Waals surface area (Å²) in [7, 11) is 1.62. The summed E-state index contributed by atoms with van der Waals surface area (Å²) in [5, 5.41) is 10.2. The molecule has 1 N–H and O–H groups in total. The van der Waals surface area contributed by atoms with Crippen molar-refractivity contribution in [3.8, 4) is 11.5 Å². The average Bonchev–Trinajstić information content (AvgIpc) is 2.68. The number of ether oxygens (including phenoxy) is 2. The second-order valence-electron chi connectivity index (χ2n) is 6.38. The van der Waals surface area contributed by atoms with Gasteiger partial charge < -0.3 is 19.5 Å². The quantitative estimate of drug-likeness (QED) is 0.727. The monoisotopic (exact) mass is 432 g/mol. The maximum absolute atomic E-state index is 13.9. The lowest BCUT2D eigenvalue weighted by molar-refractivity contribution is 0.0662. The second kappa shape index (κ2) is 12.0. The number of benzene rings is 2. The van der Waals surface area contributed by atoms with E-state index in [-0.39, 0.29) is 37.2 Å². The molecule has 1 heterocycles. The Labute approximate surface area is 177 Å². The Balaban J connectivity index is 0.00000196. The minimum atomic E-state index is -0.572. The van der Waals surface area contributed by atoms with Crippen molar-refractivity contribution >= 4 is 30.5 Å². The Morgan fingerprint density at radius 3 is 2.18 bits per heavy atom. The molecule has 0 aromatic heterocycles. The number of hydrogen-bond donors (Lipinski definition) is 1. The molecular formula is C20H27Cl2FN2O3. The average molecular weight is 433 g/mol. The smallest absolute Gasteiger partial charge is 0.146 e. The van der Waals surface area contributed by atoms with Gasteiger partial charge in [0.2, 0.25) is 0 Å². The summed E-state index contributed by atoms with van der Waals surface area (Å²) in [6, 6.07) is 14.1. The molecule has 2 aromatic rings. The van der Waals surface area contributed by atoms with Gasteiger partial charge in [0.25, 0.3) is 0 Å². The first kappa shape index (κ1) is 24.3. The number of methoxy groups -OCH3 is 1. The van der Waals surface area contributed by atoms with E-state index in [4.69, 9.17) is 9.47 Å². The van der Waals surface area contributed by atoms with Crippen LogP contribution in [0.15, 0.2) is 48.5 Å². The number of nitrogens with zero attached hydrogens (tertiary/aromatic N) is 2. The lowest BCUT2D eigenvalue weighted by Crippen LogP contribution is -2.49. The van der Waals surface area contributed by atoms with Crippen LogP contribution in [-0.4, -0.2) is 62.6 Å². The molecular weight excluding hydrogens is 406 g/mol. The summed E-state index contributed by atoms with van der Waals surface area (Å²) in [5.41, 5.74) is 0.649. The molecule has 1 unspecified atom stereocenters. The van der Waals surface area contributed by atoms with Gasteiger partial charge in [-0.25, -0.2) is 4.39 Å². The van der Waals surface area contributed by atoms with Gasteiger partial charge >= 0.3 is 0 Å². The first-order valence-corrected chi connectivity index (χ1v) is 8.82. The molecule has 156 valence electrons. The first-order chi connectivity index (χ1) is 12.7. The summed E-state index contributed by atoms with van der Waals surface area (Å²) in [6.07, 6.45) is -0.572. The molecule has 8 heteroatoms. The van der Waals surface area contributed by atoms with Crippen molar-refractivity contribution in [2.45, 2.75) is 6.10 Å². The molecule has 0 saturated carbocycles. The van der Waals surface area contributed by atoms with Crippen LogP contribution in [0.1, 0.15) is 0 Å². The van der Waals surface area contributed by atoms with Gasteiger partial charge in [-0.05, 0) is 36.4 Å². The van der Waals surface area contributed by atoms with E-state index in [2.05, 4.69) is 4.90 Å². The van der Waals surface area contributed by atoms with E-state index < -0.39 is 6.10 Å². The van der Waals surface area contributed by atoms with Crippen LogP contribution in [0.3, 0.4) is 0 Å². The minimum Gasteiger partial charge on any atom is -0.497 e. The molecule has 2 aromatic carbocycles. The number of β-amino-alcohol motifs (C(OH)–C–C–N with tert-alkyl or cyclic N) is 1. The van der Waals surface area contributed by atoms with Crippen molar-refractivity contribution in [1.82, 2.24) is 4.90 Å². The van der Waals surface area contributed by atoms with Crippen LogP contribution in [0.4, 0.5) is 10.1 Å². The standard InChI is InChI=1S/C20H25FN2O3.2ClH/c1-25-17-6-8-18(9-7-17)26-15-16(24)14-22-10-12-23(13-11-22)20-5-3-2-4-19(20)21;;/h2-9,16,24H,10-15H2,1H3;2*1H. The van der Waals surface area contributed by atoms with Crippen LogP contribution in [0.2, 0.25) is 0 Å². The van der Waals surface area contributed by atoms with Gasteiger partial charge in [-0.1, -0.05) is 12.1 Å². The Bertz CT molecular complexity index is 698. The molecule has 0 bridgehead atoms. The molecule has 1 saturated heterocycles. The van der Waals surface area contributed by atoms with Gasteiger partial charge in [0.15, 0.2) is 0 Å². The Morgan fingerprint density at radius 2 is 1.57 bits per heavy atom. The molecule has 28 heavy (non-hydrogen) atoms. The van der Waals surface area contributed by atoms with Crippen LogP contribution >= 0.6 is 24.8 Å². The fourth-order valence-electron chi connectivity index (χ4n) is 3.09. The zero-order valence-corrected chi connectivity index (χ0v) is 17.4. The van der Waals surface area contributed by atoms with Crippen molar-refractivity contribution < 1.29 is 19.0 Å². The van der Waals surface area contributed by atoms with E-state index in [0.717, 1.165) is 31.9 Å². The highest BCUT2D eigenvalue weighted by molar-refractivity contribution is 5.85. The number of rotatable bonds is 7. The first-order valence-electron chi connectivity index (χ1n) is 8.82. The lowest BCUT2D eigenvalue weighted by atomic mass is 10.2. The molecule has 5 nitrogen and oxygen atoms in total. The molecule has 1 aliphatic rings. The van der Waals surface area contributed by atoms with E-state index >= 15 is 0 Å². The Morgan fingerprint density at radius 1 is 0.964 bits per heavy atom. The summed E-state index contributed by atoms with van der Waals surface area (Å²) in [6.45, 7) is 3.84. The van der Waals surface area contributed by atoms with Gasteiger partial charge in [-0.3, -0.25) is 4.90 Å². The second-order valence-corrected chi connectivity index (χ2v) is 6.38. The normalized spacial score (nSPS) is 15.2. The van der Waals surface area contributed by atoms with Gasteiger partial charge in [0.1, 0.15) is 30.0 Å². The number of aliphatic hydroxyl groups is 1. The summed E-state index contributed by atoms with van der Waals surface area (Å²) < 4.78 is 24.6. The lowest BCUT2D eigenvalue weighted by Gasteiger charge is -2.36. The van der Waals surface area contributed by atoms with Gasteiger partial charge in [-0.15, -0.1) is 24.8 Å². The van der Waals surface area contributed by atoms with E-state index in [1.54, 1.807) is 13.2 Å². The summed E-state index contributed by atoms with van der Waals surface area (Å²) in [5.74, 6) is 1.29. The predicted octanol–water partition coefficient (Wildman–Crippen LogP) is 3.24. The molecule has 1 aliphatic heterocycles. The number of piperazine rings is 1. The number of para-hydroxylation sites is 1. The van der Waals surface area contributed by atoms with Crippen LogP contribution in [-0.2, 0) is 0 Å². The number of halogens is 3. The predicted molar refractivity (Wildman–Crippen MR) is 114 cm³/mol. The van der Waals surface area contributed by atoms with Crippen LogP contribution < -0.4 is 14.4 Å². The molecule has 1 fully saturated rings. The third-order valence-electron chi connectivity index (χ3n) is 4.54. The molecule has 0 amide bonds. The Kier molecular flexibility index (Phi) is 10.4. The van der Waals surface area contributed by atoms with E-state index in [1.807, 2.05) is 41.3 Å². The zero-order valence-electron chi connectivity index (χ0n) is 15.8. The number of anilines is 1. The largest absolute Gasteiger partial charge is 0.497 e. The number of hydrogen-bond acceptors (Lipinski definition) is 5. The number of aliphatic hydroxyl groups excluding tert-OH is 1. The molecule has 1 atom stereocenters. The van der Waals surface area contributed by atoms with Gasteiger partial charge in [0, 0.05) is 32.7 Å². The topological polar surface area (TPSA) is 45.2 Å². The third-order valence-corrected chi connectivity index (χ3v) is 4.54. The fourth-order valence-corrected chi connectivity index (χ4v) is 3.09. The summed E-state index contributed by atoms with van der Waals surface area (Å²) in [4.78, 5) is 4.23. The molecule has 3 rings (SSSR count). The van der Waals surface area contributed by atoms with Gasteiger partial charge in [0.05, 0.1) is 12.8 Å². The SMILES string of the molecule is COc1ccc(OCC(O)CN2CCN(c3ccccc3F)CC2)cc1.Cl.Cl. The van der Waals surface area contributed by atoms with Crippen molar-refractivity contribution in [3.05, 3.63) is 54.3 Å². The maximum atomic E-state index is 13.9. The van der Waals surface area contributed by atoms with Crippen molar-refractivity contribution in [2.75, 3.05) is 51.3 Å². The van der Waals surface area contributed by atoms with Crippen LogP contribution in [0.5, 0.6) is 11.5 Å². The van der Waals surface area contributed by atoms with Crippen molar-refractivity contribution in [2.24, 2.45) is 0 Å². The summed E-state index contributed by atoms with van der Waals surface area (Å²) >= 11 is 0. The van der Waals surface area contributed by atoms with Crippen molar-refractivity contribution in [3.63, 3.8) is 0 Å². The van der Waals surface area contributed by atoms with Gasteiger partial charge in [-0.2, -0.15) is 0 Å². The maximum Gasteiger partial charge on any atom is 0.146 e. The van der Waals surface area contributed by atoms with Crippen LogP contribution in [0.25, 0.3) is 0 Å². The highest BCUT2D eigenvalue weighted by atomic mass is 35.5. The van der Waals surface area contributed by atoms with E-state index in [1.165, 1.54) is 6.07 Å². The fraction of sp³-hybridized carbons (Fsp3) is 0.400. The molecule has 0 aliphatic carbocycles. The van der Waals surface area contributed by atoms with Crippen molar-refractivity contribution in [1.29, 1.82) is 0 Å². The Hall–Kier alpha value is -1.73. The molecule has 0 spiro atoms. The minimum absolute atomic E-state index is 0. The van der Waals surface area contributed by atoms with Crippen LogP contribution in [0, 0.1) is 5.82 Å².